The Morgan fingerprint density at radius 2 is 1.79 bits per heavy atom. The molecule has 0 radical (unpaired) electrons. The fourth-order valence-electron chi connectivity index (χ4n) is 4.28. The average molecular weight is 488 g/mol. The van der Waals surface area contributed by atoms with Gasteiger partial charge in [-0.2, -0.15) is 0 Å². The Morgan fingerprint density at radius 3 is 2.34 bits per heavy atom. The van der Waals surface area contributed by atoms with Crippen molar-refractivity contribution in [1.82, 2.24) is 14.1 Å². The summed E-state index contributed by atoms with van der Waals surface area (Å²) in [6.07, 6.45) is 3.62. The van der Waals surface area contributed by atoms with E-state index in [9.17, 15) is 18.3 Å². The minimum Gasteiger partial charge on any atom is -0.507 e. The number of halogens is 1. The van der Waals surface area contributed by atoms with E-state index in [2.05, 4.69) is 20.8 Å². The highest BCUT2D eigenvalue weighted by atomic mass is 79.9. The molecular weight excluding hydrogens is 458 g/mol. The van der Waals surface area contributed by atoms with E-state index in [-0.39, 0.29) is 17.6 Å². The van der Waals surface area contributed by atoms with Crippen LogP contribution in [-0.2, 0) is 21.2 Å². The number of aromatic hydroxyl groups is 1. The highest BCUT2D eigenvalue weighted by Crippen LogP contribution is 2.26. The lowest BCUT2D eigenvalue weighted by atomic mass is 9.99. The van der Waals surface area contributed by atoms with Gasteiger partial charge in [-0.25, -0.2) is 12.7 Å². The van der Waals surface area contributed by atoms with E-state index < -0.39 is 10.0 Å². The van der Waals surface area contributed by atoms with Crippen LogP contribution < -0.4 is 0 Å². The number of amides is 1. The van der Waals surface area contributed by atoms with E-state index >= 15 is 0 Å². The number of piperidine rings is 1. The number of hydrogen-bond donors (Lipinski definition) is 1. The summed E-state index contributed by atoms with van der Waals surface area (Å²) in [6, 6.07) is 5.76. The summed E-state index contributed by atoms with van der Waals surface area (Å²) >= 11 is 3.32. The first-order valence-electron chi connectivity index (χ1n) is 10.1. The van der Waals surface area contributed by atoms with Crippen LogP contribution in [0.5, 0.6) is 5.75 Å². The molecule has 29 heavy (non-hydrogen) atoms. The molecule has 0 aliphatic carbocycles. The van der Waals surface area contributed by atoms with Crippen molar-refractivity contribution in [1.29, 1.82) is 0 Å². The van der Waals surface area contributed by atoms with E-state index in [1.165, 1.54) is 6.26 Å². The fourth-order valence-corrected chi connectivity index (χ4v) is 5.58. The van der Waals surface area contributed by atoms with Gasteiger partial charge in [0.2, 0.25) is 15.9 Å². The maximum Gasteiger partial charge on any atom is 0.225 e. The molecule has 9 heteroatoms. The van der Waals surface area contributed by atoms with Gasteiger partial charge in [0.25, 0.3) is 0 Å². The third kappa shape index (κ3) is 5.71. The van der Waals surface area contributed by atoms with Crippen LogP contribution in [-0.4, -0.2) is 85.1 Å². The minimum absolute atomic E-state index is 0.115. The summed E-state index contributed by atoms with van der Waals surface area (Å²) < 4.78 is 25.5. The molecule has 0 saturated carbocycles. The molecule has 1 amide bonds. The summed E-state index contributed by atoms with van der Waals surface area (Å²) in [5, 5.41) is 9.62. The minimum atomic E-state index is -3.10. The number of benzene rings is 1. The van der Waals surface area contributed by atoms with Crippen molar-refractivity contribution < 1.29 is 18.3 Å². The van der Waals surface area contributed by atoms with E-state index in [1.807, 2.05) is 24.0 Å². The number of piperazine rings is 1. The summed E-state index contributed by atoms with van der Waals surface area (Å²) in [4.78, 5) is 17.2. The maximum absolute atomic E-state index is 12.9. The average Bonchev–Trinajstić information content (AvgIpc) is 2.70. The lowest BCUT2D eigenvalue weighted by Gasteiger charge is -2.42. The molecule has 1 atom stereocenters. The van der Waals surface area contributed by atoms with Crippen molar-refractivity contribution in [2.45, 2.75) is 32.2 Å². The van der Waals surface area contributed by atoms with Crippen molar-refractivity contribution in [3.05, 3.63) is 28.2 Å². The van der Waals surface area contributed by atoms with Gasteiger partial charge >= 0.3 is 0 Å². The lowest BCUT2D eigenvalue weighted by molar-refractivity contribution is -0.137. The Hall–Kier alpha value is -1.16. The van der Waals surface area contributed by atoms with Gasteiger partial charge in [-0.05, 0) is 52.9 Å². The Morgan fingerprint density at radius 1 is 1.17 bits per heavy atom. The first-order valence-corrected chi connectivity index (χ1v) is 12.7. The molecule has 0 aromatic heterocycles. The summed E-state index contributed by atoms with van der Waals surface area (Å²) in [7, 11) is -3.10. The zero-order chi connectivity index (χ0) is 21.2. The van der Waals surface area contributed by atoms with Crippen LogP contribution in [0.25, 0.3) is 0 Å². The van der Waals surface area contributed by atoms with Gasteiger partial charge in [0.05, 0.1) is 10.7 Å². The number of nitrogens with zero attached hydrogens (tertiary/aromatic N) is 3. The van der Waals surface area contributed by atoms with Gasteiger partial charge in [-0.15, -0.1) is 0 Å². The van der Waals surface area contributed by atoms with Crippen molar-refractivity contribution in [2.24, 2.45) is 5.92 Å². The topological polar surface area (TPSA) is 81.2 Å². The standard InChI is InChI=1S/C20H30BrN3O4S/c1-15(13-16-3-4-19(25)18(21)14-16)20(26)23-11-9-22(10-12-23)17-5-7-24(8-6-17)29(2,27)28/h3-4,14-15,17,25H,5-13H2,1-2H3/t15-/m1/s1. The predicted molar refractivity (Wildman–Crippen MR) is 116 cm³/mol. The van der Waals surface area contributed by atoms with Gasteiger partial charge in [0.1, 0.15) is 5.75 Å². The van der Waals surface area contributed by atoms with Crippen molar-refractivity contribution in [2.75, 3.05) is 45.5 Å². The Bertz CT molecular complexity index is 832. The molecule has 7 nitrogen and oxygen atoms in total. The second-order valence-electron chi connectivity index (χ2n) is 8.15. The molecule has 0 unspecified atom stereocenters. The van der Waals surface area contributed by atoms with Crippen LogP contribution in [0.15, 0.2) is 22.7 Å². The Kier molecular flexibility index (Phi) is 7.24. The third-order valence-corrected chi connectivity index (χ3v) is 7.95. The first kappa shape index (κ1) is 22.5. The number of sulfonamides is 1. The molecular formula is C20H30BrN3O4S. The SMILES string of the molecule is C[C@H](Cc1ccc(O)c(Br)c1)C(=O)N1CCN(C2CCN(S(C)(=O)=O)CC2)CC1. The molecule has 162 valence electrons. The zero-order valence-electron chi connectivity index (χ0n) is 17.1. The molecule has 2 saturated heterocycles. The number of hydrogen-bond acceptors (Lipinski definition) is 5. The summed E-state index contributed by atoms with van der Waals surface area (Å²) in [5.74, 6) is 0.253. The van der Waals surface area contributed by atoms with E-state index in [0.29, 0.717) is 30.0 Å². The first-order chi connectivity index (χ1) is 13.6. The van der Waals surface area contributed by atoms with Crippen LogP contribution in [0.1, 0.15) is 25.3 Å². The van der Waals surface area contributed by atoms with Gasteiger partial charge in [0.15, 0.2) is 0 Å². The summed E-state index contributed by atoms with van der Waals surface area (Å²) in [5.41, 5.74) is 1.02. The van der Waals surface area contributed by atoms with Crippen LogP contribution in [0.4, 0.5) is 0 Å². The van der Waals surface area contributed by atoms with Crippen molar-refractivity contribution in [3.8, 4) is 5.75 Å². The Balaban J connectivity index is 1.47. The van der Waals surface area contributed by atoms with Gasteiger partial charge < -0.3 is 10.0 Å². The normalized spacial score (nSPS) is 21.3. The lowest BCUT2D eigenvalue weighted by Crippen LogP contribution is -2.55. The molecule has 2 fully saturated rings. The molecule has 1 aromatic rings. The highest BCUT2D eigenvalue weighted by Gasteiger charge is 2.32. The van der Waals surface area contributed by atoms with E-state index in [4.69, 9.17) is 0 Å². The van der Waals surface area contributed by atoms with Gasteiger partial charge in [0, 0.05) is 51.2 Å². The maximum atomic E-state index is 12.9. The highest BCUT2D eigenvalue weighted by molar-refractivity contribution is 9.10. The van der Waals surface area contributed by atoms with Crippen LogP contribution >= 0.6 is 15.9 Å². The molecule has 2 heterocycles. The van der Waals surface area contributed by atoms with Crippen molar-refractivity contribution in [3.63, 3.8) is 0 Å². The van der Waals surface area contributed by atoms with E-state index in [1.54, 1.807) is 10.4 Å². The predicted octanol–water partition coefficient (Wildman–Crippen LogP) is 1.90. The Labute approximate surface area is 181 Å². The molecule has 2 aliphatic rings. The van der Waals surface area contributed by atoms with Crippen LogP contribution in [0.3, 0.4) is 0 Å². The van der Waals surface area contributed by atoms with Gasteiger partial charge in [-0.1, -0.05) is 13.0 Å². The third-order valence-electron chi connectivity index (χ3n) is 6.01. The second-order valence-corrected chi connectivity index (χ2v) is 11.0. The molecule has 3 rings (SSSR count). The number of phenolic OH excluding ortho intramolecular Hbond substituents is 1. The number of carbonyl (C=O) groups excluding carboxylic acids is 1. The van der Waals surface area contributed by atoms with E-state index in [0.717, 1.165) is 44.6 Å². The number of phenols is 1. The van der Waals surface area contributed by atoms with Gasteiger partial charge in [-0.3, -0.25) is 9.69 Å². The molecule has 1 N–H and O–H groups in total. The summed E-state index contributed by atoms with van der Waals surface area (Å²) in [6.45, 7) is 6.24. The fraction of sp³-hybridized carbons (Fsp3) is 0.650. The largest absolute Gasteiger partial charge is 0.507 e. The number of rotatable bonds is 5. The van der Waals surface area contributed by atoms with Crippen molar-refractivity contribution >= 4 is 31.9 Å². The van der Waals surface area contributed by atoms with Crippen LogP contribution in [0, 0.1) is 5.92 Å². The molecule has 2 aliphatic heterocycles. The second kappa shape index (κ2) is 9.32. The molecule has 1 aromatic carbocycles. The quantitative estimate of drug-likeness (QED) is 0.685. The molecule has 0 bridgehead atoms. The van der Waals surface area contributed by atoms with Crippen LogP contribution in [0.2, 0.25) is 0 Å². The zero-order valence-corrected chi connectivity index (χ0v) is 19.5. The monoisotopic (exact) mass is 487 g/mol. The number of carbonyl (C=O) groups is 1. The smallest absolute Gasteiger partial charge is 0.225 e. The molecule has 0 spiro atoms.